The number of aromatic amines is 1. The van der Waals surface area contributed by atoms with Crippen LogP contribution in [0.3, 0.4) is 0 Å². The molecule has 2 N–H and O–H groups in total. The molecule has 0 unspecified atom stereocenters. The third kappa shape index (κ3) is 2.59. The number of hydrogen-bond acceptors (Lipinski definition) is 3. The summed E-state index contributed by atoms with van der Waals surface area (Å²) in [6.45, 7) is 1.36. The van der Waals surface area contributed by atoms with Gasteiger partial charge in [0, 0.05) is 5.56 Å². The molecule has 0 aliphatic heterocycles. The van der Waals surface area contributed by atoms with Gasteiger partial charge in [-0.3, -0.25) is 4.79 Å². The summed E-state index contributed by atoms with van der Waals surface area (Å²) in [6.07, 6.45) is -4.48. The highest BCUT2D eigenvalue weighted by molar-refractivity contribution is 5.57. The van der Waals surface area contributed by atoms with E-state index in [4.69, 9.17) is 0 Å². The highest BCUT2D eigenvalue weighted by Gasteiger charge is 2.30. The molecule has 4 nitrogen and oxygen atoms in total. The van der Waals surface area contributed by atoms with E-state index in [1.54, 1.807) is 0 Å². The number of halogens is 3. The van der Waals surface area contributed by atoms with Crippen LogP contribution in [-0.4, -0.2) is 15.1 Å². The van der Waals surface area contributed by atoms with Crippen LogP contribution in [0.15, 0.2) is 29.1 Å². The van der Waals surface area contributed by atoms with E-state index in [0.29, 0.717) is 0 Å². The summed E-state index contributed by atoms with van der Waals surface area (Å²) in [5, 5.41) is 9.42. The average molecular weight is 270 g/mol. The second-order valence-electron chi connectivity index (χ2n) is 3.94. The fraction of sp³-hybridized carbons (Fsp3) is 0.167. The molecular formula is C12H9F3N2O2. The van der Waals surface area contributed by atoms with Crippen molar-refractivity contribution < 1.29 is 18.3 Å². The highest BCUT2D eigenvalue weighted by atomic mass is 19.4. The van der Waals surface area contributed by atoms with Crippen LogP contribution in [0.4, 0.5) is 13.2 Å². The molecule has 1 aromatic carbocycles. The van der Waals surface area contributed by atoms with Gasteiger partial charge in [0.1, 0.15) is 5.82 Å². The van der Waals surface area contributed by atoms with Crippen LogP contribution in [0.2, 0.25) is 0 Å². The van der Waals surface area contributed by atoms with Crippen LogP contribution in [0.1, 0.15) is 11.1 Å². The standard InChI is InChI=1S/C12H9F3N2O2/c1-6-10(18)16-9(17-11(6)19)7-3-2-4-8(5-7)12(13,14)15/h2-5H,1H3,(H2,16,17,18,19). The molecule has 0 aliphatic rings. The zero-order chi connectivity index (χ0) is 14.2. The molecule has 19 heavy (non-hydrogen) atoms. The Morgan fingerprint density at radius 1 is 1.32 bits per heavy atom. The van der Waals surface area contributed by atoms with Gasteiger partial charge in [-0.25, -0.2) is 0 Å². The summed E-state index contributed by atoms with van der Waals surface area (Å²) in [4.78, 5) is 17.4. The van der Waals surface area contributed by atoms with Crippen molar-refractivity contribution in [2.24, 2.45) is 0 Å². The maximum Gasteiger partial charge on any atom is 0.416 e. The van der Waals surface area contributed by atoms with E-state index in [0.717, 1.165) is 12.1 Å². The Morgan fingerprint density at radius 2 is 2.00 bits per heavy atom. The predicted octanol–water partition coefficient (Wildman–Crippen LogP) is 2.47. The maximum atomic E-state index is 12.6. The van der Waals surface area contributed by atoms with Crippen molar-refractivity contribution in [1.29, 1.82) is 0 Å². The van der Waals surface area contributed by atoms with Crippen LogP contribution < -0.4 is 5.56 Å². The number of hydrogen-bond donors (Lipinski definition) is 2. The van der Waals surface area contributed by atoms with E-state index < -0.39 is 23.2 Å². The fourth-order valence-electron chi connectivity index (χ4n) is 1.50. The van der Waals surface area contributed by atoms with Gasteiger partial charge in [0.2, 0.25) is 5.88 Å². The number of rotatable bonds is 1. The van der Waals surface area contributed by atoms with Gasteiger partial charge in [0.25, 0.3) is 5.56 Å². The molecule has 0 aliphatic carbocycles. The van der Waals surface area contributed by atoms with Crippen LogP contribution in [0, 0.1) is 6.92 Å². The van der Waals surface area contributed by atoms with Crippen LogP contribution in [0.5, 0.6) is 5.88 Å². The van der Waals surface area contributed by atoms with E-state index in [1.807, 2.05) is 0 Å². The molecule has 0 spiro atoms. The minimum atomic E-state index is -4.48. The Hall–Kier alpha value is -2.31. The molecule has 0 saturated carbocycles. The molecule has 0 bridgehead atoms. The van der Waals surface area contributed by atoms with E-state index in [1.165, 1.54) is 19.1 Å². The van der Waals surface area contributed by atoms with Crippen LogP contribution in [-0.2, 0) is 6.18 Å². The van der Waals surface area contributed by atoms with Crippen molar-refractivity contribution in [1.82, 2.24) is 9.97 Å². The number of nitrogens with zero attached hydrogens (tertiary/aromatic N) is 1. The lowest BCUT2D eigenvalue weighted by Crippen LogP contribution is -2.12. The molecule has 7 heteroatoms. The van der Waals surface area contributed by atoms with Gasteiger partial charge in [-0.2, -0.15) is 18.2 Å². The quantitative estimate of drug-likeness (QED) is 0.836. The number of nitrogens with one attached hydrogen (secondary N) is 1. The van der Waals surface area contributed by atoms with Gasteiger partial charge in [-0.1, -0.05) is 12.1 Å². The average Bonchev–Trinajstić information content (AvgIpc) is 2.34. The smallest absolute Gasteiger partial charge is 0.416 e. The van der Waals surface area contributed by atoms with E-state index in [2.05, 4.69) is 9.97 Å². The largest absolute Gasteiger partial charge is 0.493 e. The third-order valence-electron chi connectivity index (χ3n) is 2.59. The summed E-state index contributed by atoms with van der Waals surface area (Å²) in [6, 6.07) is 4.33. The van der Waals surface area contributed by atoms with Gasteiger partial charge in [-0.05, 0) is 19.1 Å². The lowest BCUT2D eigenvalue weighted by molar-refractivity contribution is -0.137. The number of alkyl halides is 3. The Kier molecular flexibility index (Phi) is 3.05. The van der Waals surface area contributed by atoms with E-state index in [-0.39, 0.29) is 17.0 Å². The molecule has 1 aromatic heterocycles. The number of aromatic nitrogens is 2. The van der Waals surface area contributed by atoms with Crippen LogP contribution in [0.25, 0.3) is 11.4 Å². The molecular weight excluding hydrogens is 261 g/mol. The van der Waals surface area contributed by atoms with Crippen molar-refractivity contribution in [3.8, 4) is 17.3 Å². The van der Waals surface area contributed by atoms with Crippen molar-refractivity contribution in [3.05, 3.63) is 45.7 Å². The summed E-state index contributed by atoms with van der Waals surface area (Å²) < 4.78 is 37.7. The molecule has 0 atom stereocenters. The van der Waals surface area contributed by atoms with Crippen LogP contribution >= 0.6 is 0 Å². The minimum absolute atomic E-state index is 0.00993. The Balaban J connectivity index is 2.57. The molecule has 100 valence electrons. The minimum Gasteiger partial charge on any atom is -0.493 e. The van der Waals surface area contributed by atoms with Gasteiger partial charge in [0.15, 0.2) is 0 Å². The second kappa shape index (κ2) is 4.42. The molecule has 2 aromatic rings. The molecule has 1 heterocycles. The lowest BCUT2D eigenvalue weighted by atomic mass is 10.1. The molecule has 0 radical (unpaired) electrons. The Labute approximate surface area is 105 Å². The SMILES string of the molecule is Cc1c(O)nc(-c2cccc(C(F)(F)F)c2)[nH]c1=O. The molecule has 0 saturated heterocycles. The van der Waals surface area contributed by atoms with Gasteiger partial charge < -0.3 is 10.1 Å². The lowest BCUT2D eigenvalue weighted by Gasteiger charge is -2.08. The normalized spacial score (nSPS) is 11.6. The number of benzene rings is 1. The Bertz CT molecular complexity index is 677. The zero-order valence-electron chi connectivity index (χ0n) is 9.75. The molecule has 0 fully saturated rings. The van der Waals surface area contributed by atoms with Gasteiger partial charge >= 0.3 is 6.18 Å². The third-order valence-corrected chi connectivity index (χ3v) is 2.59. The molecule has 2 rings (SSSR count). The van der Waals surface area contributed by atoms with Gasteiger partial charge in [0.05, 0.1) is 11.1 Å². The van der Waals surface area contributed by atoms with Gasteiger partial charge in [-0.15, -0.1) is 0 Å². The molecule has 0 amide bonds. The predicted molar refractivity (Wildman–Crippen MR) is 61.7 cm³/mol. The first-order valence-electron chi connectivity index (χ1n) is 5.26. The van der Waals surface area contributed by atoms with Crippen molar-refractivity contribution >= 4 is 0 Å². The number of aromatic hydroxyl groups is 1. The highest BCUT2D eigenvalue weighted by Crippen LogP contribution is 2.31. The first-order valence-corrected chi connectivity index (χ1v) is 5.26. The number of H-pyrrole nitrogens is 1. The first-order chi connectivity index (χ1) is 8.79. The summed E-state index contributed by atoms with van der Waals surface area (Å²) >= 11 is 0. The van der Waals surface area contributed by atoms with E-state index in [9.17, 15) is 23.1 Å². The maximum absolute atomic E-state index is 12.6. The fourth-order valence-corrected chi connectivity index (χ4v) is 1.50. The van der Waals surface area contributed by atoms with Crippen molar-refractivity contribution in [2.75, 3.05) is 0 Å². The zero-order valence-corrected chi connectivity index (χ0v) is 9.75. The van der Waals surface area contributed by atoms with Crippen molar-refractivity contribution in [3.63, 3.8) is 0 Å². The monoisotopic (exact) mass is 270 g/mol. The van der Waals surface area contributed by atoms with Crippen molar-refractivity contribution in [2.45, 2.75) is 13.1 Å². The summed E-state index contributed by atoms with van der Waals surface area (Å²) in [5.74, 6) is -0.615. The Morgan fingerprint density at radius 3 is 2.58 bits per heavy atom. The second-order valence-corrected chi connectivity index (χ2v) is 3.94. The first kappa shape index (κ1) is 13.1. The summed E-state index contributed by atoms with van der Waals surface area (Å²) in [5.41, 5.74) is -1.37. The summed E-state index contributed by atoms with van der Waals surface area (Å²) in [7, 11) is 0. The topological polar surface area (TPSA) is 66.0 Å². The van der Waals surface area contributed by atoms with E-state index >= 15 is 0 Å².